The summed E-state index contributed by atoms with van der Waals surface area (Å²) in [5.74, 6) is 0. The molecule has 0 aliphatic carbocycles. The molecule has 1 saturated heterocycles. The number of sulfone groups is 1. The molecule has 1 unspecified atom stereocenters. The highest BCUT2D eigenvalue weighted by Crippen LogP contribution is 2.24. The Morgan fingerprint density at radius 2 is 1.86 bits per heavy atom. The van der Waals surface area contributed by atoms with Gasteiger partial charge in [-0.1, -0.05) is 6.07 Å². The Balaban J connectivity index is 0.00000242. The number of sulfonamides is 1. The zero-order chi connectivity index (χ0) is 15.8. The number of aryl methyl sites for hydroxylation is 1. The zero-order valence-electron chi connectivity index (χ0n) is 12.7. The van der Waals surface area contributed by atoms with Gasteiger partial charge in [0.05, 0.1) is 9.79 Å². The van der Waals surface area contributed by atoms with E-state index in [1.807, 2.05) is 6.92 Å². The van der Waals surface area contributed by atoms with E-state index in [2.05, 4.69) is 5.32 Å². The molecule has 0 aromatic heterocycles. The lowest BCUT2D eigenvalue weighted by molar-refractivity contribution is 0.310. The van der Waals surface area contributed by atoms with E-state index >= 15 is 0 Å². The topological polar surface area (TPSA) is 83.5 Å². The largest absolute Gasteiger partial charge is 0.312 e. The Hall–Kier alpha value is -0.670. The maximum Gasteiger partial charge on any atom is 0.243 e. The van der Waals surface area contributed by atoms with Crippen LogP contribution >= 0.6 is 12.4 Å². The van der Waals surface area contributed by atoms with E-state index in [1.165, 1.54) is 22.5 Å². The van der Waals surface area contributed by atoms with Gasteiger partial charge in [-0.15, -0.1) is 12.4 Å². The number of hydrogen-bond acceptors (Lipinski definition) is 5. The smallest absolute Gasteiger partial charge is 0.243 e. The van der Waals surface area contributed by atoms with E-state index < -0.39 is 19.9 Å². The Morgan fingerprint density at radius 3 is 2.41 bits per heavy atom. The van der Waals surface area contributed by atoms with Gasteiger partial charge >= 0.3 is 0 Å². The first-order valence-electron chi connectivity index (χ1n) is 6.66. The summed E-state index contributed by atoms with van der Waals surface area (Å²) in [7, 11) is -7.12. The Labute approximate surface area is 138 Å². The molecule has 1 aromatic carbocycles. The summed E-state index contributed by atoms with van der Waals surface area (Å²) in [5.41, 5.74) is 0.550. The number of piperazine rings is 1. The van der Waals surface area contributed by atoms with Gasteiger partial charge in [-0.2, -0.15) is 4.31 Å². The van der Waals surface area contributed by atoms with E-state index in [-0.39, 0.29) is 28.2 Å². The van der Waals surface area contributed by atoms with Gasteiger partial charge in [0.25, 0.3) is 0 Å². The lowest BCUT2D eigenvalue weighted by atomic mass is 10.2. The van der Waals surface area contributed by atoms with E-state index in [1.54, 1.807) is 6.92 Å². The maximum atomic E-state index is 12.7. The second-order valence-electron chi connectivity index (χ2n) is 5.42. The molecule has 1 N–H and O–H groups in total. The third-order valence-electron chi connectivity index (χ3n) is 3.54. The number of nitrogens with zero attached hydrogens (tertiary/aromatic N) is 1. The quantitative estimate of drug-likeness (QED) is 0.853. The van der Waals surface area contributed by atoms with E-state index in [4.69, 9.17) is 0 Å². The highest BCUT2D eigenvalue weighted by Gasteiger charge is 2.30. The van der Waals surface area contributed by atoms with Crippen molar-refractivity contribution < 1.29 is 16.8 Å². The van der Waals surface area contributed by atoms with Gasteiger partial charge < -0.3 is 5.32 Å². The van der Waals surface area contributed by atoms with Crippen molar-refractivity contribution in [3.63, 3.8) is 0 Å². The molecule has 1 fully saturated rings. The fourth-order valence-corrected chi connectivity index (χ4v) is 4.85. The molecular formula is C13H21ClN2O4S2. The van der Waals surface area contributed by atoms with Crippen LogP contribution in [0.3, 0.4) is 0 Å². The summed E-state index contributed by atoms with van der Waals surface area (Å²) in [6, 6.07) is 4.30. The van der Waals surface area contributed by atoms with Crippen molar-refractivity contribution in [2.24, 2.45) is 0 Å². The van der Waals surface area contributed by atoms with Gasteiger partial charge in [0.1, 0.15) is 0 Å². The summed E-state index contributed by atoms with van der Waals surface area (Å²) in [6.45, 7) is 4.94. The molecule has 1 aromatic rings. The van der Waals surface area contributed by atoms with Crippen LogP contribution in [-0.4, -0.2) is 53.1 Å². The van der Waals surface area contributed by atoms with Crippen LogP contribution in [0.5, 0.6) is 0 Å². The van der Waals surface area contributed by atoms with E-state index in [0.29, 0.717) is 25.2 Å². The van der Waals surface area contributed by atoms with Crippen molar-refractivity contribution in [3.8, 4) is 0 Å². The molecule has 2 rings (SSSR count). The predicted molar refractivity (Wildman–Crippen MR) is 87.8 cm³/mol. The fourth-order valence-electron chi connectivity index (χ4n) is 2.34. The van der Waals surface area contributed by atoms with Crippen LogP contribution in [0.25, 0.3) is 0 Å². The predicted octanol–water partition coefficient (Wildman–Crippen LogP) is 0.803. The first-order chi connectivity index (χ1) is 9.62. The lowest BCUT2D eigenvalue weighted by Crippen LogP contribution is -2.51. The molecule has 0 amide bonds. The molecule has 0 radical (unpaired) electrons. The van der Waals surface area contributed by atoms with Gasteiger partial charge in [0, 0.05) is 31.9 Å². The van der Waals surface area contributed by atoms with E-state index in [0.717, 1.165) is 6.26 Å². The molecule has 22 heavy (non-hydrogen) atoms. The van der Waals surface area contributed by atoms with Crippen molar-refractivity contribution in [3.05, 3.63) is 23.8 Å². The van der Waals surface area contributed by atoms with Crippen molar-refractivity contribution in [1.82, 2.24) is 9.62 Å². The molecule has 1 heterocycles. The van der Waals surface area contributed by atoms with Gasteiger partial charge in [-0.3, -0.25) is 0 Å². The van der Waals surface area contributed by atoms with Gasteiger partial charge in [-0.25, -0.2) is 16.8 Å². The summed E-state index contributed by atoms with van der Waals surface area (Å²) >= 11 is 0. The number of halogens is 1. The van der Waals surface area contributed by atoms with Crippen LogP contribution in [-0.2, 0) is 19.9 Å². The normalized spacial score (nSPS) is 20.4. The molecule has 126 valence electrons. The maximum absolute atomic E-state index is 12.7. The number of nitrogens with one attached hydrogen (secondary N) is 1. The Bertz CT molecular complexity index is 747. The summed E-state index contributed by atoms with van der Waals surface area (Å²) < 4.78 is 50.1. The molecule has 6 nitrogen and oxygen atoms in total. The van der Waals surface area contributed by atoms with Crippen molar-refractivity contribution in [2.75, 3.05) is 25.9 Å². The monoisotopic (exact) mass is 368 g/mol. The minimum atomic E-state index is -3.68. The average molecular weight is 369 g/mol. The summed E-state index contributed by atoms with van der Waals surface area (Å²) in [5, 5.41) is 3.18. The van der Waals surface area contributed by atoms with Crippen LogP contribution in [0.4, 0.5) is 0 Å². The Kier molecular flexibility index (Phi) is 6.02. The van der Waals surface area contributed by atoms with Gasteiger partial charge in [0.2, 0.25) is 10.0 Å². The molecule has 1 aliphatic rings. The molecule has 0 spiro atoms. The summed E-state index contributed by atoms with van der Waals surface area (Å²) in [6.07, 6.45) is 1.07. The van der Waals surface area contributed by atoms with Crippen molar-refractivity contribution in [1.29, 1.82) is 0 Å². The molecule has 1 atom stereocenters. The number of rotatable bonds is 3. The second-order valence-corrected chi connectivity index (χ2v) is 9.34. The molecule has 0 saturated carbocycles. The van der Waals surface area contributed by atoms with Crippen LogP contribution in [0, 0.1) is 6.92 Å². The average Bonchev–Trinajstić information content (AvgIpc) is 2.37. The number of benzene rings is 1. The second kappa shape index (κ2) is 6.84. The third-order valence-corrected chi connectivity index (χ3v) is 6.65. The minimum absolute atomic E-state index is 0. The van der Waals surface area contributed by atoms with Gasteiger partial charge in [-0.05, 0) is 31.5 Å². The molecule has 0 bridgehead atoms. The number of hydrogen-bond donors (Lipinski definition) is 1. The zero-order valence-corrected chi connectivity index (χ0v) is 15.2. The SMILES string of the molecule is Cc1ccc(S(C)(=O)=O)cc1S(=O)(=O)N1CCNC(C)C1.Cl. The fraction of sp³-hybridized carbons (Fsp3) is 0.538. The highest BCUT2D eigenvalue weighted by molar-refractivity contribution is 7.91. The van der Waals surface area contributed by atoms with Crippen LogP contribution < -0.4 is 5.32 Å². The minimum Gasteiger partial charge on any atom is -0.312 e. The highest BCUT2D eigenvalue weighted by atomic mass is 35.5. The van der Waals surface area contributed by atoms with Crippen LogP contribution in [0.15, 0.2) is 28.0 Å². The van der Waals surface area contributed by atoms with Crippen LogP contribution in [0.2, 0.25) is 0 Å². The van der Waals surface area contributed by atoms with E-state index in [9.17, 15) is 16.8 Å². The first-order valence-corrected chi connectivity index (χ1v) is 10.00. The lowest BCUT2D eigenvalue weighted by Gasteiger charge is -2.31. The van der Waals surface area contributed by atoms with Crippen molar-refractivity contribution >= 4 is 32.3 Å². The molecule has 9 heteroatoms. The van der Waals surface area contributed by atoms with Gasteiger partial charge in [0.15, 0.2) is 9.84 Å². The van der Waals surface area contributed by atoms with Crippen molar-refractivity contribution in [2.45, 2.75) is 29.7 Å². The third kappa shape index (κ3) is 3.99. The first kappa shape index (κ1) is 19.4. The Morgan fingerprint density at radius 1 is 1.23 bits per heavy atom. The molecule has 1 aliphatic heterocycles. The standard InChI is InChI=1S/C13H20N2O4S2.ClH/c1-10-4-5-12(20(3,16)17)8-13(10)21(18,19)15-7-6-14-11(2)9-15;/h4-5,8,11,14H,6-7,9H2,1-3H3;1H. The molecular weight excluding hydrogens is 348 g/mol. The van der Waals surface area contributed by atoms with Crippen LogP contribution in [0.1, 0.15) is 12.5 Å². The summed E-state index contributed by atoms with van der Waals surface area (Å²) in [4.78, 5) is 0.0920.